The van der Waals surface area contributed by atoms with Gasteiger partial charge in [0.05, 0.1) is 18.6 Å². The van der Waals surface area contributed by atoms with E-state index in [9.17, 15) is 9.90 Å². The summed E-state index contributed by atoms with van der Waals surface area (Å²) in [5.74, 6) is 1.49. The molecule has 3 saturated carbocycles. The molecule has 1 aromatic heterocycles. The van der Waals surface area contributed by atoms with Gasteiger partial charge in [0.2, 0.25) is 0 Å². The van der Waals surface area contributed by atoms with Gasteiger partial charge in [-0.1, -0.05) is 41.0 Å². The summed E-state index contributed by atoms with van der Waals surface area (Å²) < 4.78 is 5.19. The second kappa shape index (κ2) is 6.45. The Balaban J connectivity index is 1.70. The standard InChI is InChI=1S/C25H38O3/c1-22(2)9-6-10-24(4)19(22)7-11-25(5)20(23(3,16-26)14-21(24)25)13-18(27)17-8-12-28-15-17/h8,12,15-16,18-21,27H,6-7,9-11,13-14H2,1-5H3/t18-,19?,20+,21?,23+,24-,25-/m0/s1. The Morgan fingerprint density at radius 2 is 1.89 bits per heavy atom. The van der Waals surface area contributed by atoms with Gasteiger partial charge >= 0.3 is 0 Å². The molecule has 0 aromatic carbocycles. The Labute approximate surface area is 170 Å². The fraction of sp³-hybridized carbons (Fsp3) is 0.800. The van der Waals surface area contributed by atoms with Crippen molar-refractivity contribution in [2.45, 2.75) is 85.7 Å². The van der Waals surface area contributed by atoms with E-state index in [4.69, 9.17) is 4.42 Å². The first-order chi connectivity index (χ1) is 13.1. The van der Waals surface area contributed by atoms with Crippen LogP contribution in [-0.2, 0) is 4.79 Å². The number of carbonyl (C=O) groups excluding carboxylic acids is 1. The lowest BCUT2D eigenvalue weighted by atomic mass is 9.43. The summed E-state index contributed by atoms with van der Waals surface area (Å²) in [6.07, 6.45) is 11.9. The van der Waals surface area contributed by atoms with Crippen LogP contribution in [0.5, 0.6) is 0 Å². The molecule has 28 heavy (non-hydrogen) atoms. The molecular formula is C25H38O3. The minimum absolute atomic E-state index is 0.110. The van der Waals surface area contributed by atoms with E-state index >= 15 is 0 Å². The number of fused-ring (bicyclic) bond motifs is 3. The molecule has 3 fully saturated rings. The highest BCUT2D eigenvalue weighted by atomic mass is 16.3. The van der Waals surface area contributed by atoms with E-state index in [0.717, 1.165) is 17.9 Å². The van der Waals surface area contributed by atoms with E-state index in [-0.39, 0.29) is 16.7 Å². The molecule has 0 saturated heterocycles. The highest BCUT2D eigenvalue weighted by molar-refractivity contribution is 5.61. The quantitative estimate of drug-likeness (QED) is 0.629. The number of aliphatic hydroxyl groups is 1. The van der Waals surface area contributed by atoms with Crippen LogP contribution in [0.3, 0.4) is 0 Å². The second-order valence-corrected chi connectivity index (χ2v) is 11.7. The van der Waals surface area contributed by atoms with E-state index in [1.165, 1.54) is 38.4 Å². The van der Waals surface area contributed by atoms with Gasteiger partial charge in [-0.25, -0.2) is 0 Å². The topological polar surface area (TPSA) is 50.4 Å². The predicted molar refractivity (Wildman–Crippen MR) is 111 cm³/mol. The molecule has 1 N–H and O–H groups in total. The van der Waals surface area contributed by atoms with Gasteiger partial charge in [0.15, 0.2) is 0 Å². The van der Waals surface area contributed by atoms with Crippen molar-refractivity contribution >= 4 is 6.29 Å². The van der Waals surface area contributed by atoms with E-state index in [0.29, 0.717) is 23.2 Å². The average Bonchev–Trinajstić information content (AvgIpc) is 3.23. The van der Waals surface area contributed by atoms with Crippen LogP contribution >= 0.6 is 0 Å². The lowest BCUT2D eigenvalue weighted by Gasteiger charge is -2.62. The maximum atomic E-state index is 12.4. The van der Waals surface area contributed by atoms with Crippen molar-refractivity contribution in [1.29, 1.82) is 0 Å². The summed E-state index contributed by atoms with van der Waals surface area (Å²) in [6, 6.07) is 1.85. The Hall–Kier alpha value is -1.09. The molecule has 1 heterocycles. The van der Waals surface area contributed by atoms with Crippen LogP contribution < -0.4 is 0 Å². The molecule has 4 rings (SSSR count). The Bertz CT molecular complexity index is 722. The van der Waals surface area contributed by atoms with Crippen molar-refractivity contribution in [2.75, 3.05) is 0 Å². The van der Waals surface area contributed by atoms with Crippen molar-refractivity contribution in [2.24, 2.45) is 39.4 Å². The SMILES string of the molecule is CC1(C)CCC[C@@]2(C)C1CC[C@]1(C)C2C[C@](C)(C=O)[C@H]1C[C@H](O)c1ccoc1. The van der Waals surface area contributed by atoms with Crippen LogP contribution in [0.1, 0.15) is 91.2 Å². The molecule has 3 aliphatic rings. The summed E-state index contributed by atoms with van der Waals surface area (Å²) in [4.78, 5) is 12.4. The third-order valence-corrected chi connectivity index (χ3v) is 9.73. The van der Waals surface area contributed by atoms with E-state index in [1.54, 1.807) is 12.5 Å². The normalized spacial score (nSPS) is 45.9. The van der Waals surface area contributed by atoms with Gasteiger partial charge in [-0.05, 0) is 78.6 Å². The monoisotopic (exact) mass is 386 g/mol. The summed E-state index contributed by atoms with van der Waals surface area (Å²) in [7, 11) is 0. The summed E-state index contributed by atoms with van der Waals surface area (Å²) >= 11 is 0. The molecule has 0 amide bonds. The number of carbonyl (C=O) groups is 1. The van der Waals surface area contributed by atoms with Crippen LogP contribution in [0.15, 0.2) is 23.0 Å². The average molecular weight is 387 g/mol. The van der Waals surface area contributed by atoms with Crippen molar-refractivity contribution in [3.63, 3.8) is 0 Å². The zero-order valence-electron chi connectivity index (χ0n) is 18.3. The molecule has 1 aromatic rings. The number of aldehydes is 1. The van der Waals surface area contributed by atoms with Gasteiger partial charge in [-0.2, -0.15) is 0 Å². The van der Waals surface area contributed by atoms with Crippen molar-refractivity contribution in [3.05, 3.63) is 24.2 Å². The van der Waals surface area contributed by atoms with Crippen LogP contribution in [-0.4, -0.2) is 11.4 Å². The number of aliphatic hydroxyl groups excluding tert-OH is 1. The molecule has 0 radical (unpaired) electrons. The smallest absolute Gasteiger partial charge is 0.126 e. The predicted octanol–water partition coefficient (Wildman–Crippen LogP) is 6.18. The molecule has 0 aliphatic heterocycles. The number of hydrogen-bond acceptors (Lipinski definition) is 3. The zero-order chi connectivity index (χ0) is 20.4. The highest BCUT2D eigenvalue weighted by Crippen LogP contribution is 2.73. The fourth-order valence-electron chi connectivity index (χ4n) is 8.40. The lowest BCUT2D eigenvalue weighted by molar-refractivity contribution is -0.130. The van der Waals surface area contributed by atoms with E-state index < -0.39 is 6.10 Å². The first-order valence-electron chi connectivity index (χ1n) is 11.2. The molecule has 3 heteroatoms. The fourth-order valence-corrected chi connectivity index (χ4v) is 8.40. The van der Waals surface area contributed by atoms with Gasteiger partial charge in [0.1, 0.15) is 6.29 Å². The van der Waals surface area contributed by atoms with E-state index in [1.807, 2.05) is 6.07 Å². The van der Waals surface area contributed by atoms with Gasteiger partial charge in [0, 0.05) is 11.0 Å². The third kappa shape index (κ3) is 2.75. The van der Waals surface area contributed by atoms with Crippen LogP contribution in [0.25, 0.3) is 0 Å². The first-order valence-corrected chi connectivity index (χ1v) is 11.2. The van der Waals surface area contributed by atoms with Crippen LogP contribution in [0.4, 0.5) is 0 Å². The molecule has 2 unspecified atom stereocenters. The third-order valence-electron chi connectivity index (χ3n) is 9.73. The Morgan fingerprint density at radius 3 is 2.54 bits per heavy atom. The highest BCUT2D eigenvalue weighted by Gasteiger charge is 2.67. The zero-order valence-corrected chi connectivity index (χ0v) is 18.3. The number of furan rings is 1. The molecule has 156 valence electrons. The molecule has 0 bridgehead atoms. The maximum absolute atomic E-state index is 12.4. The Kier molecular flexibility index (Phi) is 4.65. The van der Waals surface area contributed by atoms with E-state index in [2.05, 4.69) is 34.6 Å². The maximum Gasteiger partial charge on any atom is 0.126 e. The largest absolute Gasteiger partial charge is 0.472 e. The first kappa shape index (κ1) is 20.2. The molecular weight excluding hydrogens is 348 g/mol. The second-order valence-electron chi connectivity index (χ2n) is 11.7. The number of hydrogen-bond donors (Lipinski definition) is 1. The summed E-state index contributed by atoms with van der Waals surface area (Å²) in [5.41, 5.74) is 1.27. The van der Waals surface area contributed by atoms with Crippen molar-refractivity contribution < 1.29 is 14.3 Å². The minimum Gasteiger partial charge on any atom is -0.472 e. The summed E-state index contributed by atoms with van der Waals surface area (Å²) in [6.45, 7) is 12.0. The van der Waals surface area contributed by atoms with Gasteiger partial charge < -0.3 is 14.3 Å². The van der Waals surface area contributed by atoms with Crippen LogP contribution in [0.2, 0.25) is 0 Å². The van der Waals surface area contributed by atoms with Gasteiger partial charge in [-0.15, -0.1) is 0 Å². The van der Waals surface area contributed by atoms with Crippen LogP contribution in [0, 0.1) is 39.4 Å². The molecule has 3 aliphatic carbocycles. The van der Waals surface area contributed by atoms with Gasteiger partial charge in [0.25, 0.3) is 0 Å². The van der Waals surface area contributed by atoms with Crippen molar-refractivity contribution in [3.8, 4) is 0 Å². The molecule has 0 spiro atoms. The minimum atomic E-state index is -0.563. The number of rotatable bonds is 4. The summed E-state index contributed by atoms with van der Waals surface area (Å²) in [5, 5.41) is 10.9. The molecule has 7 atom stereocenters. The van der Waals surface area contributed by atoms with Crippen molar-refractivity contribution in [1.82, 2.24) is 0 Å². The van der Waals surface area contributed by atoms with Gasteiger partial charge in [-0.3, -0.25) is 0 Å². The lowest BCUT2D eigenvalue weighted by Crippen LogP contribution is -2.54. The Morgan fingerprint density at radius 1 is 1.14 bits per heavy atom. The molecule has 3 nitrogen and oxygen atoms in total.